The number of rotatable bonds is 2. The molecule has 1 aromatic carbocycles. The minimum absolute atomic E-state index is 0.283. The van der Waals surface area contributed by atoms with Crippen molar-refractivity contribution in [2.75, 3.05) is 0 Å². The predicted octanol–water partition coefficient (Wildman–Crippen LogP) is 2.86. The van der Waals surface area contributed by atoms with Gasteiger partial charge in [-0.3, -0.25) is 0 Å². The van der Waals surface area contributed by atoms with Crippen LogP contribution in [0.4, 0.5) is 0 Å². The van der Waals surface area contributed by atoms with Gasteiger partial charge >= 0.3 is 0 Å². The summed E-state index contributed by atoms with van der Waals surface area (Å²) >= 11 is 8.14. The third kappa shape index (κ3) is 2.83. The molecule has 0 aliphatic rings. The molecule has 4 heteroatoms. The van der Waals surface area contributed by atoms with Crippen LogP contribution < -0.4 is 5.73 Å². The summed E-state index contributed by atoms with van der Waals surface area (Å²) in [6.07, 6.45) is 0.292. The highest BCUT2D eigenvalue weighted by molar-refractivity contribution is 14.1. The van der Waals surface area contributed by atoms with Gasteiger partial charge in [-0.05, 0) is 40.3 Å². The molecule has 0 bridgehead atoms. The van der Waals surface area contributed by atoms with Crippen molar-refractivity contribution in [1.82, 2.24) is 0 Å². The molecule has 0 saturated heterocycles. The third-order valence-electron chi connectivity index (χ3n) is 1.67. The van der Waals surface area contributed by atoms with E-state index in [-0.39, 0.29) is 6.04 Å². The molecule has 68 valence electrons. The van der Waals surface area contributed by atoms with Crippen LogP contribution in [0.2, 0.25) is 5.02 Å². The van der Waals surface area contributed by atoms with Gasteiger partial charge in [-0.2, -0.15) is 5.26 Å². The van der Waals surface area contributed by atoms with E-state index in [0.29, 0.717) is 11.4 Å². The zero-order valence-corrected chi connectivity index (χ0v) is 9.71. The number of nitrogens with two attached hydrogens (primary N) is 1. The molecule has 0 fully saturated rings. The molecule has 1 atom stereocenters. The summed E-state index contributed by atoms with van der Waals surface area (Å²) in [4.78, 5) is 0. The fourth-order valence-corrected chi connectivity index (χ4v) is 2.01. The standard InChI is InChI=1S/C9H8ClIN2/c10-8-5-6(11)1-2-7(8)9(13)3-4-12/h1-2,5,9H,3,13H2/t9-/m1/s1. The molecule has 13 heavy (non-hydrogen) atoms. The normalized spacial score (nSPS) is 12.2. The number of hydrogen-bond acceptors (Lipinski definition) is 2. The van der Waals surface area contributed by atoms with Crippen LogP contribution in [0.5, 0.6) is 0 Å². The van der Waals surface area contributed by atoms with Crippen molar-refractivity contribution in [2.24, 2.45) is 5.73 Å². The van der Waals surface area contributed by atoms with Crippen LogP contribution in [0, 0.1) is 14.9 Å². The van der Waals surface area contributed by atoms with Crippen molar-refractivity contribution >= 4 is 34.2 Å². The average Bonchev–Trinajstić information content (AvgIpc) is 2.04. The van der Waals surface area contributed by atoms with Gasteiger partial charge in [-0.1, -0.05) is 17.7 Å². The first kappa shape index (κ1) is 10.8. The molecule has 1 aromatic rings. The molecule has 0 amide bonds. The smallest absolute Gasteiger partial charge is 0.0641 e. The first-order valence-corrected chi connectivity index (χ1v) is 5.18. The number of nitriles is 1. The molecule has 0 spiro atoms. The summed E-state index contributed by atoms with van der Waals surface area (Å²) in [5, 5.41) is 9.10. The Balaban J connectivity index is 2.96. The Morgan fingerprint density at radius 2 is 2.31 bits per heavy atom. The van der Waals surface area contributed by atoms with Crippen LogP contribution in [-0.2, 0) is 0 Å². The quantitative estimate of drug-likeness (QED) is 0.854. The molecule has 1 rings (SSSR count). The Bertz CT molecular complexity index is 346. The largest absolute Gasteiger partial charge is 0.323 e. The molecule has 0 aromatic heterocycles. The summed E-state index contributed by atoms with van der Waals surface area (Å²) in [6, 6.07) is 7.38. The van der Waals surface area contributed by atoms with Gasteiger partial charge in [-0.15, -0.1) is 0 Å². The van der Waals surface area contributed by atoms with Gasteiger partial charge in [0.1, 0.15) is 0 Å². The minimum Gasteiger partial charge on any atom is -0.323 e. The van der Waals surface area contributed by atoms with E-state index in [0.717, 1.165) is 9.13 Å². The van der Waals surface area contributed by atoms with Crippen molar-refractivity contribution < 1.29 is 0 Å². The summed E-state index contributed by atoms with van der Waals surface area (Å²) in [5.74, 6) is 0. The second-order valence-electron chi connectivity index (χ2n) is 2.63. The van der Waals surface area contributed by atoms with Crippen LogP contribution in [0.15, 0.2) is 18.2 Å². The molecule has 0 aliphatic carbocycles. The van der Waals surface area contributed by atoms with Crippen LogP contribution in [0.25, 0.3) is 0 Å². The first-order chi connectivity index (χ1) is 6.15. The van der Waals surface area contributed by atoms with E-state index in [2.05, 4.69) is 22.6 Å². The van der Waals surface area contributed by atoms with Crippen molar-refractivity contribution in [1.29, 1.82) is 5.26 Å². The van der Waals surface area contributed by atoms with Gasteiger partial charge < -0.3 is 5.73 Å². The van der Waals surface area contributed by atoms with E-state index in [1.807, 2.05) is 24.3 Å². The number of hydrogen-bond donors (Lipinski definition) is 1. The van der Waals surface area contributed by atoms with Gasteiger partial charge in [0.2, 0.25) is 0 Å². The molecule has 0 aliphatic heterocycles. The molecule has 2 N–H and O–H groups in total. The topological polar surface area (TPSA) is 49.8 Å². The minimum atomic E-state index is -0.283. The lowest BCUT2D eigenvalue weighted by atomic mass is 10.1. The van der Waals surface area contributed by atoms with Crippen LogP contribution in [0.3, 0.4) is 0 Å². The summed E-state index contributed by atoms with van der Waals surface area (Å²) < 4.78 is 1.07. The van der Waals surface area contributed by atoms with Crippen molar-refractivity contribution in [3.8, 4) is 6.07 Å². The van der Waals surface area contributed by atoms with Crippen molar-refractivity contribution in [3.63, 3.8) is 0 Å². The SMILES string of the molecule is N#CC[C@@H](N)c1ccc(I)cc1Cl. The van der Waals surface area contributed by atoms with Crippen molar-refractivity contribution in [2.45, 2.75) is 12.5 Å². The van der Waals surface area contributed by atoms with Gasteiger partial charge in [0.05, 0.1) is 12.5 Å². The monoisotopic (exact) mass is 306 g/mol. The lowest BCUT2D eigenvalue weighted by Crippen LogP contribution is -2.09. The highest BCUT2D eigenvalue weighted by atomic mass is 127. The Labute approximate surface area is 95.8 Å². The molecule has 0 saturated carbocycles. The summed E-state index contributed by atoms with van der Waals surface area (Å²) in [7, 11) is 0. The van der Waals surface area contributed by atoms with E-state index in [4.69, 9.17) is 22.6 Å². The summed E-state index contributed by atoms with van der Waals surface area (Å²) in [6.45, 7) is 0. The molecule has 0 unspecified atom stereocenters. The van der Waals surface area contributed by atoms with E-state index < -0.39 is 0 Å². The van der Waals surface area contributed by atoms with Crippen LogP contribution in [-0.4, -0.2) is 0 Å². The van der Waals surface area contributed by atoms with E-state index in [1.165, 1.54) is 0 Å². The molecular formula is C9H8ClIN2. The molecule has 2 nitrogen and oxygen atoms in total. The highest BCUT2D eigenvalue weighted by Crippen LogP contribution is 2.24. The summed E-state index contributed by atoms with van der Waals surface area (Å²) in [5.41, 5.74) is 6.58. The zero-order chi connectivity index (χ0) is 9.84. The van der Waals surface area contributed by atoms with Crippen LogP contribution in [0.1, 0.15) is 18.0 Å². The Morgan fingerprint density at radius 3 is 2.85 bits per heavy atom. The fraction of sp³-hybridized carbons (Fsp3) is 0.222. The molecular weight excluding hydrogens is 298 g/mol. The van der Waals surface area contributed by atoms with Gasteiger partial charge in [0.15, 0.2) is 0 Å². The predicted molar refractivity (Wildman–Crippen MR) is 61.3 cm³/mol. The third-order valence-corrected chi connectivity index (χ3v) is 2.67. The number of nitrogens with zero attached hydrogens (tertiary/aromatic N) is 1. The average molecular weight is 307 g/mol. The lowest BCUT2D eigenvalue weighted by molar-refractivity contribution is 0.748. The van der Waals surface area contributed by atoms with E-state index >= 15 is 0 Å². The maximum Gasteiger partial charge on any atom is 0.0641 e. The Morgan fingerprint density at radius 1 is 1.62 bits per heavy atom. The van der Waals surface area contributed by atoms with Crippen molar-refractivity contribution in [3.05, 3.63) is 32.4 Å². The second kappa shape index (κ2) is 4.80. The number of halogens is 2. The first-order valence-electron chi connectivity index (χ1n) is 3.72. The van der Waals surface area contributed by atoms with Gasteiger partial charge in [-0.25, -0.2) is 0 Å². The Kier molecular flexibility index (Phi) is 3.97. The van der Waals surface area contributed by atoms with E-state index in [9.17, 15) is 0 Å². The molecule has 0 radical (unpaired) electrons. The Hall–Kier alpha value is -0.310. The van der Waals surface area contributed by atoms with E-state index in [1.54, 1.807) is 0 Å². The van der Waals surface area contributed by atoms with Crippen LogP contribution >= 0.6 is 34.2 Å². The number of benzene rings is 1. The fourth-order valence-electron chi connectivity index (χ4n) is 1.01. The maximum atomic E-state index is 8.47. The van der Waals surface area contributed by atoms with Gasteiger partial charge in [0.25, 0.3) is 0 Å². The van der Waals surface area contributed by atoms with Gasteiger partial charge in [0, 0.05) is 14.6 Å². The molecule has 0 heterocycles. The second-order valence-corrected chi connectivity index (χ2v) is 4.29. The lowest BCUT2D eigenvalue weighted by Gasteiger charge is -2.09. The zero-order valence-electron chi connectivity index (χ0n) is 6.80. The maximum absolute atomic E-state index is 8.47. The highest BCUT2D eigenvalue weighted by Gasteiger charge is 2.09.